The van der Waals surface area contributed by atoms with Gasteiger partial charge in [0, 0.05) is 0 Å². The lowest BCUT2D eigenvalue weighted by atomic mass is 10.1. The molecule has 0 aliphatic rings. The molecule has 0 spiro atoms. The Balaban J connectivity index is 2.94. The lowest BCUT2D eigenvalue weighted by molar-refractivity contribution is 0.0938. The van der Waals surface area contributed by atoms with Crippen LogP contribution in [0, 0.1) is 11.6 Å². The number of hydrogen-bond donors (Lipinski definition) is 2. The molecule has 0 fully saturated rings. The maximum absolute atomic E-state index is 13.3. The van der Waals surface area contributed by atoms with E-state index in [9.17, 15) is 13.6 Å². The molecule has 0 saturated carbocycles. The van der Waals surface area contributed by atoms with Crippen LogP contribution in [0.1, 0.15) is 23.7 Å². The molecule has 0 aliphatic heterocycles. The fourth-order valence-corrected chi connectivity index (χ4v) is 1.55. The van der Waals surface area contributed by atoms with Gasteiger partial charge in [0.15, 0.2) is 0 Å². The van der Waals surface area contributed by atoms with Crippen LogP contribution in [-0.2, 0) is 0 Å². The molecule has 92 valence electrons. The van der Waals surface area contributed by atoms with Crippen molar-refractivity contribution in [1.82, 2.24) is 5.32 Å². The quantitative estimate of drug-likeness (QED) is 0.809. The van der Waals surface area contributed by atoms with Crippen molar-refractivity contribution >= 4 is 23.1 Å². The Morgan fingerprint density at radius 2 is 2.00 bits per heavy atom. The molecule has 0 radical (unpaired) electrons. The van der Waals surface area contributed by atoms with Gasteiger partial charge in [-0.1, -0.05) is 25.2 Å². The smallest absolute Gasteiger partial charge is 0.257 e. The monoisotopic (exact) mass is 258 g/mol. The van der Waals surface area contributed by atoms with Crippen molar-refractivity contribution in [3.63, 3.8) is 0 Å². The molecule has 1 amide bonds. The molecule has 1 aromatic carbocycles. The Bertz CT molecular complexity index is 431. The number of carbonyl (C=O) groups is 1. The number of amides is 1. The van der Waals surface area contributed by atoms with Gasteiger partial charge in [0.1, 0.15) is 17.2 Å². The van der Waals surface area contributed by atoms with E-state index >= 15 is 0 Å². The number of nitrogens with two attached hydrogens (primary N) is 1. The van der Waals surface area contributed by atoms with Gasteiger partial charge in [-0.3, -0.25) is 4.79 Å². The van der Waals surface area contributed by atoms with E-state index < -0.39 is 29.1 Å². The molecule has 17 heavy (non-hydrogen) atoms. The van der Waals surface area contributed by atoms with Crippen molar-refractivity contribution in [3.8, 4) is 0 Å². The van der Waals surface area contributed by atoms with E-state index in [1.165, 1.54) is 6.07 Å². The van der Waals surface area contributed by atoms with E-state index in [4.69, 9.17) is 18.0 Å². The van der Waals surface area contributed by atoms with Gasteiger partial charge in [0.2, 0.25) is 0 Å². The van der Waals surface area contributed by atoms with Crippen LogP contribution in [0.25, 0.3) is 0 Å². The van der Waals surface area contributed by atoms with Crippen molar-refractivity contribution in [1.29, 1.82) is 0 Å². The minimum atomic E-state index is -0.916. The molecule has 3 N–H and O–H groups in total. The Morgan fingerprint density at radius 1 is 1.47 bits per heavy atom. The topological polar surface area (TPSA) is 55.1 Å². The highest BCUT2D eigenvalue weighted by Gasteiger charge is 2.20. The van der Waals surface area contributed by atoms with Gasteiger partial charge in [-0.2, -0.15) is 0 Å². The molecule has 0 saturated heterocycles. The van der Waals surface area contributed by atoms with Gasteiger partial charge in [0.05, 0.1) is 11.0 Å². The van der Waals surface area contributed by atoms with E-state index in [0.717, 1.165) is 12.1 Å². The third-order valence-corrected chi connectivity index (χ3v) is 2.53. The SMILES string of the molecule is CCC(NC(=O)c1c(F)cccc1F)C(N)=S. The molecule has 0 heterocycles. The molecule has 1 rings (SSSR count). The highest BCUT2D eigenvalue weighted by atomic mass is 32.1. The lowest BCUT2D eigenvalue weighted by Gasteiger charge is -2.15. The zero-order chi connectivity index (χ0) is 13.0. The third kappa shape index (κ3) is 3.20. The number of hydrogen-bond acceptors (Lipinski definition) is 2. The van der Waals surface area contributed by atoms with Gasteiger partial charge < -0.3 is 11.1 Å². The first kappa shape index (κ1) is 13.5. The molecule has 0 aromatic heterocycles. The second-order valence-corrected chi connectivity index (χ2v) is 3.90. The van der Waals surface area contributed by atoms with Gasteiger partial charge in [0.25, 0.3) is 5.91 Å². The Labute approximate surface area is 103 Å². The highest BCUT2D eigenvalue weighted by Crippen LogP contribution is 2.12. The minimum absolute atomic E-state index is 0.0811. The van der Waals surface area contributed by atoms with Crippen molar-refractivity contribution in [3.05, 3.63) is 35.4 Å². The first-order valence-electron chi connectivity index (χ1n) is 5.01. The Hall–Kier alpha value is -1.56. The van der Waals surface area contributed by atoms with E-state index in [2.05, 4.69) is 5.32 Å². The maximum atomic E-state index is 13.3. The molecule has 6 heteroatoms. The summed E-state index contributed by atoms with van der Waals surface area (Å²) in [7, 11) is 0. The molecule has 1 aromatic rings. The average molecular weight is 258 g/mol. The molecule has 1 unspecified atom stereocenters. The summed E-state index contributed by atoms with van der Waals surface area (Å²) in [5.74, 6) is -2.69. The second-order valence-electron chi connectivity index (χ2n) is 3.43. The van der Waals surface area contributed by atoms with Crippen molar-refractivity contribution in [2.75, 3.05) is 0 Å². The van der Waals surface area contributed by atoms with Crippen LogP contribution < -0.4 is 11.1 Å². The number of nitrogens with one attached hydrogen (secondary N) is 1. The summed E-state index contributed by atoms with van der Waals surface area (Å²) < 4.78 is 26.6. The zero-order valence-electron chi connectivity index (χ0n) is 9.17. The van der Waals surface area contributed by atoms with Gasteiger partial charge in [-0.15, -0.1) is 0 Å². The largest absolute Gasteiger partial charge is 0.392 e. The van der Waals surface area contributed by atoms with E-state index in [0.29, 0.717) is 6.42 Å². The summed E-state index contributed by atoms with van der Waals surface area (Å²) in [6.45, 7) is 1.75. The third-order valence-electron chi connectivity index (χ3n) is 2.25. The predicted octanol–water partition coefficient (Wildman–Crippen LogP) is 1.76. The number of benzene rings is 1. The summed E-state index contributed by atoms with van der Waals surface area (Å²) in [6, 6.07) is 2.64. The summed E-state index contributed by atoms with van der Waals surface area (Å²) in [6.07, 6.45) is 0.456. The van der Waals surface area contributed by atoms with Crippen molar-refractivity contribution in [2.24, 2.45) is 5.73 Å². The van der Waals surface area contributed by atoms with E-state index in [-0.39, 0.29) is 4.99 Å². The molecule has 1 atom stereocenters. The van der Waals surface area contributed by atoms with Crippen LogP contribution in [0.3, 0.4) is 0 Å². The number of halogens is 2. The fourth-order valence-electron chi connectivity index (χ4n) is 1.32. The molecule has 3 nitrogen and oxygen atoms in total. The molecular weight excluding hydrogens is 246 g/mol. The van der Waals surface area contributed by atoms with Crippen LogP contribution in [0.4, 0.5) is 8.78 Å². The second kappa shape index (κ2) is 5.67. The summed E-state index contributed by atoms with van der Waals surface area (Å²) in [5, 5.41) is 2.38. The highest BCUT2D eigenvalue weighted by molar-refractivity contribution is 7.80. The first-order chi connectivity index (χ1) is 7.97. The van der Waals surface area contributed by atoms with Crippen LogP contribution in [0.5, 0.6) is 0 Å². The van der Waals surface area contributed by atoms with E-state index in [1.54, 1.807) is 6.92 Å². The molecular formula is C11H12F2N2OS. The lowest BCUT2D eigenvalue weighted by Crippen LogP contribution is -2.43. The van der Waals surface area contributed by atoms with Gasteiger partial charge in [-0.05, 0) is 18.6 Å². The van der Waals surface area contributed by atoms with Crippen LogP contribution in [0.2, 0.25) is 0 Å². The number of rotatable bonds is 4. The predicted molar refractivity (Wildman–Crippen MR) is 64.7 cm³/mol. The summed E-state index contributed by atoms with van der Waals surface area (Å²) in [5.41, 5.74) is 4.76. The molecule has 0 bridgehead atoms. The average Bonchev–Trinajstić information content (AvgIpc) is 2.25. The summed E-state index contributed by atoms with van der Waals surface area (Å²) in [4.78, 5) is 11.7. The van der Waals surface area contributed by atoms with E-state index in [1.807, 2.05) is 0 Å². The standard InChI is InChI=1S/C11H12F2N2OS/c1-2-8(10(14)17)15-11(16)9-6(12)4-3-5-7(9)13/h3-5,8H,2H2,1H3,(H2,14,17)(H,15,16). The maximum Gasteiger partial charge on any atom is 0.257 e. The van der Waals surface area contributed by atoms with Crippen molar-refractivity contribution in [2.45, 2.75) is 19.4 Å². The number of carbonyl (C=O) groups excluding carboxylic acids is 1. The summed E-state index contributed by atoms with van der Waals surface area (Å²) >= 11 is 4.73. The normalized spacial score (nSPS) is 11.9. The number of thiocarbonyl (C=S) groups is 1. The van der Waals surface area contributed by atoms with Crippen LogP contribution in [-0.4, -0.2) is 16.9 Å². The Morgan fingerprint density at radius 3 is 2.41 bits per heavy atom. The van der Waals surface area contributed by atoms with Crippen LogP contribution in [0.15, 0.2) is 18.2 Å². The van der Waals surface area contributed by atoms with Gasteiger partial charge >= 0.3 is 0 Å². The first-order valence-corrected chi connectivity index (χ1v) is 5.42. The fraction of sp³-hybridized carbons (Fsp3) is 0.273. The molecule has 0 aliphatic carbocycles. The Kier molecular flexibility index (Phi) is 4.51. The van der Waals surface area contributed by atoms with Crippen molar-refractivity contribution < 1.29 is 13.6 Å². The van der Waals surface area contributed by atoms with Gasteiger partial charge in [-0.25, -0.2) is 8.78 Å². The van der Waals surface area contributed by atoms with Crippen LogP contribution >= 0.6 is 12.2 Å². The zero-order valence-corrected chi connectivity index (χ0v) is 9.98. The minimum Gasteiger partial charge on any atom is -0.392 e.